The smallest absolute Gasteiger partial charge is 0.261 e. The summed E-state index contributed by atoms with van der Waals surface area (Å²) >= 11 is 5.95. The summed E-state index contributed by atoms with van der Waals surface area (Å²) in [6.07, 6.45) is 2.71. The van der Waals surface area contributed by atoms with E-state index in [2.05, 4.69) is 15.5 Å². The molecule has 1 N–H and O–H groups in total. The summed E-state index contributed by atoms with van der Waals surface area (Å²) in [5, 5.41) is 15.0. The number of benzene rings is 1. The molecule has 2 aromatic rings. The van der Waals surface area contributed by atoms with Gasteiger partial charge in [0.15, 0.2) is 0 Å². The van der Waals surface area contributed by atoms with Gasteiger partial charge in [-0.2, -0.15) is 5.10 Å². The van der Waals surface area contributed by atoms with Gasteiger partial charge in [0.05, 0.1) is 11.1 Å². The highest BCUT2D eigenvalue weighted by molar-refractivity contribution is 6.33. The van der Waals surface area contributed by atoms with E-state index in [4.69, 9.17) is 11.6 Å². The monoisotopic (exact) mass is 276 g/mol. The molecule has 1 aromatic heterocycles. The van der Waals surface area contributed by atoms with Crippen LogP contribution in [0, 0.1) is 10.1 Å². The Balaban J connectivity index is 2.03. The second kappa shape index (κ2) is 5.92. The van der Waals surface area contributed by atoms with Gasteiger partial charge in [0.1, 0.15) is 12.0 Å². The fourth-order valence-electron chi connectivity index (χ4n) is 1.31. The highest BCUT2D eigenvalue weighted by atomic mass is 35.5. The lowest BCUT2D eigenvalue weighted by Gasteiger charge is -1.99. The van der Waals surface area contributed by atoms with Gasteiger partial charge in [0.2, 0.25) is 0 Å². The zero-order valence-electron chi connectivity index (χ0n) is 9.65. The van der Waals surface area contributed by atoms with Crippen LogP contribution in [0.1, 0.15) is 5.56 Å². The average Bonchev–Trinajstić information content (AvgIpc) is 2.41. The molecular weight excluding hydrogens is 268 g/mol. The minimum absolute atomic E-state index is 0.0689. The van der Waals surface area contributed by atoms with Crippen molar-refractivity contribution in [3.63, 3.8) is 0 Å². The van der Waals surface area contributed by atoms with E-state index < -0.39 is 4.92 Å². The van der Waals surface area contributed by atoms with Crippen molar-refractivity contribution in [2.24, 2.45) is 5.10 Å². The van der Waals surface area contributed by atoms with Gasteiger partial charge in [-0.15, -0.1) is 0 Å². The van der Waals surface area contributed by atoms with Crippen molar-refractivity contribution >= 4 is 29.3 Å². The lowest BCUT2D eigenvalue weighted by molar-refractivity contribution is -0.385. The van der Waals surface area contributed by atoms with Crippen molar-refractivity contribution in [1.29, 1.82) is 0 Å². The Bertz CT molecular complexity index is 613. The van der Waals surface area contributed by atoms with Gasteiger partial charge >= 0.3 is 0 Å². The molecule has 1 aromatic carbocycles. The first-order valence-corrected chi connectivity index (χ1v) is 5.68. The molecular formula is C12H9ClN4O2. The molecule has 0 bridgehead atoms. The Morgan fingerprint density at radius 1 is 1.32 bits per heavy atom. The predicted octanol–water partition coefficient (Wildman–Crippen LogP) is 3.09. The van der Waals surface area contributed by atoms with E-state index in [1.807, 2.05) is 18.2 Å². The summed E-state index contributed by atoms with van der Waals surface area (Å²) in [5.74, 6) is 0.411. The molecule has 6 nitrogen and oxygen atoms in total. The maximum Gasteiger partial charge on any atom is 0.287 e. The fourth-order valence-corrected chi connectivity index (χ4v) is 1.49. The third kappa shape index (κ3) is 3.49. The number of halogens is 1. The lowest BCUT2D eigenvalue weighted by atomic mass is 10.2. The SMILES string of the molecule is O=[N+]([O-])c1ccc(NN=Cc2ccccc2Cl)nc1. The first kappa shape index (κ1) is 13.0. The van der Waals surface area contributed by atoms with Crippen LogP contribution in [0.5, 0.6) is 0 Å². The number of aromatic nitrogens is 1. The number of hydrogen-bond donors (Lipinski definition) is 1. The minimum atomic E-state index is -0.510. The third-order valence-corrected chi connectivity index (χ3v) is 2.59. The van der Waals surface area contributed by atoms with Crippen molar-refractivity contribution < 1.29 is 4.92 Å². The average molecular weight is 277 g/mol. The Morgan fingerprint density at radius 2 is 2.11 bits per heavy atom. The summed E-state index contributed by atoms with van der Waals surface area (Å²) in [6.45, 7) is 0. The van der Waals surface area contributed by atoms with Gasteiger partial charge in [-0.3, -0.25) is 15.5 Å². The number of rotatable bonds is 4. The topological polar surface area (TPSA) is 80.4 Å². The van der Waals surface area contributed by atoms with Crippen molar-refractivity contribution in [2.45, 2.75) is 0 Å². The fraction of sp³-hybridized carbons (Fsp3) is 0. The molecule has 0 saturated carbocycles. The molecule has 0 aliphatic heterocycles. The molecule has 7 heteroatoms. The largest absolute Gasteiger partial charge is 0.287 e. The summed E-state index contributed by atoms with van der Waals surface area (Å²) in [6, 6.07) is 10.1. The van der Waals surface area contributed by atoms with Crippen LogP contribution in [-0.2, 0) is 0 Å². The molecule has 19 heavy (non-hydrogen) atoms. The van der Waals surface area contributed by atoms with Crippen LogP contribution < -0.4 is 5.43 Å². The molecule has 2 rings (SSSR count). The molecule has 0 fully saturated rings. The van der Waals surface area contributed by atoms with Gasteiger partial charge in [-0.05, 0) is 12.1 Å². The van der Waals surface area contributed by atoms with E-state index in [1.165, 1.54) is 12.1 Å². The molecule has 1 heterocycles. The third-order valence-electron chi connectivity index (χ3n) is 2.25. The van der Waals surface area contributed by atoms with Crippen molar-refractivity contribution in [3.05, 3.63) is 63.3 Å². The van der Waals surface area contributed by atoms with E-state index >= 15 is 0 Å². The summed E-state index contributed by atoms with van der Waals surface area (Å²) < 4.78 is 0. The minimum Gasteiger partial charge on any atom is -0.261 e. The van der Waals surface area contributed by atoms with E-state index in [0.717, 1.165) is 11.8 Å². The zero-order valence-corrected chi connectivity index (χ0v) is 10.4. The second-order valence-electron chi connectivity index (χ2n) is 3.55. The standard InChI is InChI=1S/C12H9ClN4O2/c13-11-4-2-1-3-9(11)7-15-16-12-6-5-10(8-14-12)17(18)19/h1-8H,(H,14,16). The molecule has 0 saturated heterocycles. The quantitative estimate of drug-likeness (QED) is 0.528. The predicted molar refractivity (Wildman–Crippen MR) is 73.6 cm³/mol. The van der Waals surface area contributed by atoms with Gasteiger partial charge in [-0.1, -0.05) is 29.8 Å². The van der Waals surface area contributed by atoms with Crippen LogP contribution in [0.25, 0.3) is 0 Å². The molecule has 0 radical (unpaired) electrons. The molecule has 96 valence electrons. The van der Waals surface area contributed by atoms with Gasteiger partial charge < -0.3 is 0 Å². The highest BCUT2D eigenvalue weighted by Crippen LogP contribution is 2.13. The maximum atomic E-state index is 10.4. The molecule has 0 spiro atoms. The summed E-state index contributed by atoms with van der Waals surface area (Å²) in [5.41, 5.74) is 3.36. The number of hydrazone groups is 1. The van der Waals surface area contributed by atoms with Crippen LogP contribution in [0.3, 0.4) is 0 Å². The van der Waals surface area contributed by atoms with Gasteiger partial charge in [-0.25, -0.2) is 4.98 Å². The maximum absolute atomic E-state index is 10.4. The van der Waals surface area contributed by atoms with Gasteiger partial charge in [0.25, 0.3) is 5.69 Å². The number of nitrogens with one attached hydrogen (secondary N) is 1. The Labute approximate surface area is 113 Å². The van der Waals surface area contributed by atoms with E-state index in [-0.39, 0.29) is 5.69 Å². The Kier molecular flexibility index (Phi) is 4.04. The molecule has 0 aliphatic carbocycles. The second-order valence-corrected chi connectivity index (χ2v) is 3.96. The molecule has 0 amide bonds. The van der Waals surface area contributed by atoms with Crippen molar-refractivity contribution in [3.8, 4) is 0 Å². The first-order chi connectivity index (χ1) is 9.16. The van der Waals surface area contributed by atoms with Gasteiger partial charge in [0, 0.05) is 16.7 Å². The zero-order chi connectivity index (χ0) is 13.7. The van der Waals surface area contributed by atoms with Crippen LogP contribution in [-0.4, -0.2) is 16.1 Å². The number of nitro groups is 1. The number of hydrogen-bond acceptors (Lipinski definition) is 5. The van der Waals surface area contributed by atoms with Crippen molar-refractivity contribution in [1.82, 2.24) is 4.98 Å². The number of anilines is 1. The van der Waals surface area contributed by atoms with Crippen molar-refractivity contribution in [2.75, 3.05) is 5.43 Å². The highest BCUT2D eigenvalue weighted by Gasteiger charge is 2.04. The van der Waals surface area contributed by atoms with E-state index in [9.17, 15) is 10.1 Å². The normalized spacial score (nSPS) is 10.6. The Hall–Kier alpha value is -2.47. The van der Waals surface area contributed by atoms with E-state index in [0.29, 0.717) is 10.8 Å². The lowest BCUT2D eigenvalue weighted by Crippen LogP contribution is -1.95. The van der Waals surface area contributed by atoms with E-state index in [1.54, 1.807) is 12.3 Å². The summed E-state index contributed by atoms with van der Waals surface area (Å²) in [7, 11) is 0. The summed E-state index contributed by atoms with van der Waals surface area (Å²) in [4.78, 5) is 13.8. The molecule has 0 atom stereocenters. The molecule has 0 aliphatic rings. The van der Waals surface area contributed by atoms with Crippen LogP contribution >= 0.6 is 11.6 Å². The van der Waals surface area contributed by atoms with Crippen LogP contribution in [0.2, 0.25) is 5.02 Å². The number of pyridine rings is 1. The van der Waals surface area contributed by atoms with Crippen LogP contribution in [0.15, 0.2) is 47.7 Å². The van der Waals surface area contributed by atoms with Crippen LogP contribution in [0.4, 0.5) is 11.5 Å². The molecule has 0 unspecified atom stereocenters. The number of nitrogens with zero attached hydrogens (tertiary/aromatic N) is 3. The first-order valence-electron chi connectivity index (χ1n) is 5.31. The Morgan fingerprint density at radius 3 is 2.74 bits per heavy atom.